The van der Waals surface area contributed by atoms with Gasteiger partial charge in [0.15, 0.2) is 5.78 Å². The topological polar surface area (TPSA) is 37.3 Å². The summed E-state index contributed by atoms with van der Waals surface area (Å²) in [5.41, 5.74) is 0.955. The second kappa shape index (κ2) is 8.12. The van der Waals surface area contributed by atoms with Gasteiger partial charge in [-0.15, -0.1) is 0 Å². The summed E-state index contributed by atoms with van der Waals surface area (Å²) in [7, 11) is 0. The molecule has 2 atom stereocenters. The van der Waals surface area contributed by atoms with Gasteiger partial charge in [0.1, 0.15) is 0 Å². The Kier molecular flexibility index (Phi) is 7.12. The number of hydrogen-bond acceptors (Lipinski definition) is 2. The molecule has 0 saturated heterocycles. The number of carbonyl (C=O) groups excluding carboxylic acids is 1. The Labute approximate surface area is 131 Å². The van der Waals surface area contributed by atoms with Crippen LogP contribution >= 0.6 is 0 Å². The third-order valence-corrected chi connectivity index (χ3v) is 4.52. The first kappa shape index (κ1) is 18.4. The second-order valence-electron chi connectivity index (χ2n) is 8.23. The minimum atomic E-state index is -0.430. The number of ketones is 1. The van der Waals surface area contributed by atoms with E-state index in [1.165, 1.54) is 19.3 Å². The summed E-state index contributed by atoms with van der Waals surface area (Å²) in [5.74, 6) is 1.61. The third kappa shape index (κ3) is 7.26. The monoisotopic (exact) mass is 294 g/mol. The molecule has 122 valence electrons. The van der Waals surface area contributed by atoms with Gasteiger partial charge < -0.3 is 5.11 Å². The molecule has 2 nitrogen and oxygen atoms in total. The highest BCUT2D eigenvalue weighted by Crippen LogP contribution is 2.36. The molecule has 21 heavy (non-hydrogen) atoms. The Morgan fingerprint density at radius 3 is 2.33 bits per heavy atom. The molecule has 0 aromatic heterocycles. The van der Waals surface area contributed by atoms with Gasteiger partial charge in [-0.2, -0.15) is 0 Å². The minimum absolute atomic E-state index is 0.00499. The highest BCUT2D eigenvalue weighted by Gasteiger charge is 2.30. The number of hydrogen-bond donors (Lipinski definition) is 1. The highest BCUT2D eigenvalue weighted by molar-refractivity contribution is 5.92. The van der Waals surface area contributed by atoms with E-state index >= 15 is 0 Å². The summed E-state index contributed by atoms with van der Waals surface area (Å²) in [4.78, 5) is 11.7. The molecule has 0 aromatic rings. The lowest BCUT2D eigenvalue weighted by molar-refractivity contribution is -0.117. The Hall–Kier alpha value is -0.630. The average Bonchev–Trinajstić information content (AvgIpc) is 2.33. The molecule has 2 unspecified atom stereocenters. The van der Waals surface area contributed by atoms with Crippen LogP contribution in [0.5, 0.6) is 0 Å². The Balaban J connectivity index is 2.36. The van der Waals surface area contributed by atoms with Crippen molar-refractivity contribution >= 4 is 5.78 Å². The molecule has 0 heterocycles. The van der Waals surface area contributed by atoms with E-state index in [2.05, 4.69) is 34.6 Å². The van der Waals surface area contributed by atoms with Gasteiger partial charge in [0.05, 0.1) is 6.10 Å². The second-order valence-corrected chi connectivity index (χ2v) is 8.23. The van der Waals surface area contributed by atoms with Gasteiger partial charge in [-0.25, -0.2) is 0 Å². The average molecular weight is 294 g/mol. The van der Waals surface area contributed by atoms with Crippen LogP contribution in [0.25, 0.3) is 0 Å². The zero-order chi connectivity index (χ0) is 16.0. The smallest absolute Gasteiger partial charge is 0.156 e. The molecule has 1 aliphatic rings. The van der Waals surface area contributed by atoms with Crippen LogP contribution in [0.2, 0.25) is 0 Å². The molecule has 0 saturated carbocycles. The van der Waals surface area contributed by atoms with Crippen molar-refractivity contribution in [3.05, 3.63) is 11.6 Å². The van der Waals surface area contributed by atoms with Crippen molar-refractivity contribution in [2.45, 2.75) is 85.7 Å². The lowest BCUT2D eigenvalue weighted by Gasteiger charge is -2.31. The van der Waals surface area contributed by atoms with Crippen molar-refractivity contribution in [3.63, 3.8) is 0 Å². The SMILES string of the molecule is CC(C)CCCC(C)CCC(O)C1=CC(=O)CC(C)(C)C1. The maximum atomic E-state index is 11.7. The van der Waals surface area contributed by atoms with E-state index in [-0.39, 0.29) is 11.2 Å². The van der Waals surface area contributed by atoms with Crippen molar-refractivity contribution in [1.82, 2.24) is 0 Å². The molecule has 0 fully saturated rings. The van der Waals surface area contributed by atoms with Crippen LogP contribution < -0.4 is 0 Å². The minimum Gasteiger partial charge on any atom is -0.389 e. The zero-order valence-corrected chi connectivity index (χ0v) is 14.6. The summed E-state index contributed by atoms with van der Waals surface area (Å²) in [6.07, 6.45) is 8.37. The molecule has 1 rings (SSSR count). The molecular weight excluding hydrogens is 260 g/mol. The number of rotatable bonds is 8. The summed E-state index contributed by atoms with van der Waals surface area (Å²) in [6.45, 7) is 11.0. The van der Waals surface area contributed by atoms with Gasteiger partial charge in [0.2, 0.25) is 0 Å². The van der Waals surface area contributed by atoms with E-state index < -0.39 is 6.10 Å². The summed E-state index contributed by atoms with van der Waals surface area (Å²) in [5, 5.41) is 10.4. The van der Waals surface area contributed by atoms with Crippen LogP contribution in [0.1, 0.15) is 79.6 Å². The molecule has 0 aliphatic heterocycles. The highest BCUT2D eigenvalue weighted by atomic mass is 16.3. The van der Waals surface area contributed by atoms with Crippen LogP contribution in [-0.4, -0.2) is 17.0 Å². The van der Waals surface area contributed by atoms with Crippen LogP contribution in [0.3, 0.4) is 0 Å². The predicted molar refractivity (Wildman–Crippen MR) is 89.2 cm³/mol. The first-order chi connectivity index (χ1) is 9.69. The molecule has 1 N–H and O–H groups in total. The number of aliphatic hydroxyl groups is 1. The fraction of sp³-hybridized carbons (Fsp3) is 0.842. The molecule has 0 spiro atoms. The summed E-state index contributed by atoms with van der Waals surface area (Å²) >= 11 is 0. The molecule has 0 bridgehead atoms. The molecule has 1 aliphatic carbocycles. The fourth-order valence-electron chi connectivity index (χ4n) is 3.26. The first-order valence-electron chi connectivity index (χ1n) is 8.61. The standard InChI is InChI=1S/C19H34O2/c1-14(2)7-6-8-15(3)9-10-18(21)16-11-17(20)13-19(4,5)12-16/h11,14-15,18,21H,6-10,12-13H2,1-5H3. The van der Waals surface area contributed by atoms with Gasteiger partial charge in [0, 0.05) is 6.42 Å². The molecule has 2 heteroatoms. The largest absolute Gasteiger partial charge is 0.389 e. The van der Waals surface area contributed by atoms with Crippen LogP contribution in [0.4, 0.5) is 0 Å². The Morgan fingerprint density at radius 1 is 1.10 bits per heavy atom. The maximum Gasteiger partial charge on any atom is 0.156 e. The van der Waals surface area contributed by atoms with Gasteiger partial charge in [-0.1, -0.05) is 53.9 Å². The summed E-state index contributed by atoms with van der Waals surface area (Å²) in [6, 6.07) is 0. The lowest BCUT2D eigenvalue weighted by Crippen LogP contribution is -2.26. The number of aliphatic hydroxyl groups excluding tert-OH is 1. The Morgan fingerprint density at radius 2 is 1.76 bits per heavy atom. The van der Waals surface area contributed by atoms with Crippen LogP contribution in [0, 0.1) is 17.3 Å². The lowest BCUT2D eigenvalue weighted by atomic mass is 9.75. The van der Waals surface area contributed by atoms with E-state index in [0.29, 0.717) is 12.3 Å². The van der Waals surface area contributed by atoms with Gasteiger partial charge in [0.25, 0.3) is 0 Å². The zero-order valence-electron chi connectivity index (χ0n) is 14.6. The third-order valence-electron chi connectivity index (χ3n) is 4.52. The number of carbonyl (C=O) groups is 1. The van der Waals surface area contributed by atoms with Crippen molar-refractivity contribution in [2.24, 2.45) is 17.3 Å². The van der Waals surface area contributed by atoms with E-state index in [1.54, 1.807) is 6.08 Å². The van der Waals surface area contributed by atoms with E-state index in [4.69, 9.17) is 0 Å². The van der Waals surface area contributed by atoms with Gasteiger partial charge in [-0.05, 0) is 48.2 Å². The van der Waals surface area contributed by atoms with Crippen LogP contribution in [0.15, 0.2) is 11.6 Å². The molecule has 0 radical (unpaired) electrons. The number of allylic oxidation sites excluding steroid dienone is 1. The van der Waals surface area contributed by atoms with Crippen molar-refractivity contribution < 1.29 is 9.90 Å². The van der Waals surface area contributed by atoms with Gasteiger partial charge in [-0.3, -0.25) is 4.79 Å². The normalized spacial score (nSPS) is 21.3. The van der Waals surface area contributed by atoms with Crippen molar-refractivity contribution in [1.29, 1.82) is 0 Å². The quantitative estimate of drug-likeness (QED) is 0.691. The maximum absolute atomic E-state index is 11.7. The van der Waals surface area contributed by atoms with Gasteiger partial charge >= 0.3 is 0 Å². The van der Waals surface area contributed by atoms with E-state index in [1.807, 2.05) is 0 Å². The fourth-order valence-corrected chi connectivity index (χ4v) is 3.26. The molecule has 0 aromatic carbocycles. The van der Waals surface area contributed by atoms with Crippen molar-refractivity contribution in [2.75, 3.05) is 0 Å². The van der Waals surface area contributed by atoms with E-state index in [0.717, 1.165) is 30.8 Å². The van der Waals surface area contributed by atoms with Crippen molar-refractivity contribution in [3.8, 4) is 0 Å². The Bertz CT molecular complexity index is 366. The molecule has 0 amide bonds. The summed E-state index contributed by atoms with van der Waals surface area (Å²) < 4.78 is 0. The molecular formula is C19H34O2. The van der Waals surface area contributed by atoms with E-state index in [9.17, 15) is 9.90 Å². The first-order valence-corrected chi connectivity index (χ1v) is 8.61. The predicted octanol–water partition coefficient (Wildman–Crippen LogP) is 4.91. The van der Waals surface area contributed by atoms with Crippen LogP contribution in [-0.2, 0) is 4.79 Å².